The Morgan fingerprint density at radius 1 is 0.625 bits per heavy atom. The van der Waals surface area contributed by atoms with Crippen LogP contribution >= 0.6 is 0 Å². The third-order valence-electron chi connectivity index (χ3n) is 7.53. The first-order valence-corrected chi connectivity index (χ1v) is 12.9. The molecule has 1 nitrogen and oxygen atoms in total. The molecule has 8 heteroatoms. The number of alkyl halides is 2. The Labute approximate surface area is 227 Å². The molecular weight excluding hydrogens is 533 g/mol. The number of rotatable bonds is 6. The lowest BCUT2D eigenvalue weighted by molar-refractivity contribution is -0.185. The van der Waals surface area contributed by atoms with Crippen LogP contribution in [0.1, 0.15) is 49.7 Å². The summed E-state index contributed by atoms with van der Waals surface area (Å²) in [5.41, 5.74) is 1.07. The molecule has 0 saturated heterocycles. The largest absolute Gasteiger partial charge is 0.429 e. The molecule has 1 aliphatic rings. The molecule has 0 heterocycles. The van der Waals surface area contributed by atoms with Gasteiger partial charge in [0.1, 0.15) is 5.75 Å². The van der Waals surface area contributed by atoms with Crippen LogP contribution in [-0.4, -0.2) is 0 Å². The van der Waals surface area contributed by atoms with E-state index in [0.717, 1.165) is 43.0 Å². The number of hydrogen-bond acceptors (Lipinski definition) is 1. The third kappa shape index (κ3) is 5.58. The molecule has 1 fully saturated rings. The maximum absolute atomic E-state index is 15.1. The van der Waals surface area contributed by atoms with Crippen molar-refractivity contribution in [3.05, 3.63) is 113 Å². The average Bonchev–Trinajstić information content (AvgIpc) is 2.94. The van der Waals surface area contributed by atoms with Crippen molar-refractivity contribution in [2.45, 2.75) is 44.6 Å². The van der Waals surface area contributed by atoms with Crippen LogP contribution in [0, 0.1) is 35.0 Å². The SMILES string of the molecule is CC1CCC(c2ccc(-c3ccc(-c4ccc(C(F)(F)Oc5cc(F)c(F)c(F)c5)cc4)c(F)c3F)cc2)CC1. The van der Waals surface area contributed by atoms with E-state index in [-0.39, 0.29) is 16.7 Å². The fraction of sp³-hybridized carbons (Fsp3) is 0.250. The summed E-state index contributed by atoms with van der Waals surface area (Å²) >= 11 is 0. The normalized spacial score (nSPS) is 17.6. The lowest BCUT2D eigenvalue weighted by Gasteiger charge is -2.26. The highest BCUT2D eigenvalue weighted by Crippen LogP contribution is 2.38. The van der Waals surface area contributed by atoms with Crippen molar-refractivity contribution in [2.75, 3.05) is 0 Å². The summed E-state index contributed by atoms with van der Waals surface area (Å²) in [6, 6.07) is 15.0. The maximum atomic E-state index is 15.1. The minimum Gasteiger partial charge on any atom is -0.429 e. The van der Waals surface area contributed by atoms with Gasteiger partial charge in [0.2, 0.25) is 0 Å². The first-order chi connectivity index (χ1) is 19.0. The minimum absolute atomic E-state index is 0.0837. The van der Waals surface area contributed by atoms with Gasteiger partial charge in [-0.25, -0.2) is 22.0 Å². The minimum atomic E-state index is -4.05. The molecule has 1 saturated carbocycles. The molecule has 4 aromatic rings. The first-order valence-electron chi connectivity index (χ1n) is 12.9. The topological polar surface area (TPSA) is 9.23 Å². The molecule has 0 bridgehead atoms. The molecule has 4 aromatic carbocycles. The van der Waals surface area contributed by atoms with Crippen LogP contribution in [0.3, 0.4) is 0 Å². The standard InChI is InChI=1S/C32H25F7O/c1-18-2-4-19(5-3-18)20-6-8-21(9-7-20)25-14-15-26(30(36)29(25)35)22-10-12-23(13-11-22)32(38,39)40-24-16-27(33)31(37)28(34)17-24/h6-19H,2-5H2,1H3. The van der Waals surface area contributed by atoms with Gasteiger partial charge in [0.15, 0.2) is 29.1 Å². The van der Waals surface area contributed by atoms with Gasteiger partial charge < -0.3 is 4.74 Å². The Balaban J connectivity index is 1.34. The van der Waals surface area contributed by atoms with Crippen molar-refractivity contribution < 1.29 is 35.5 Å². The highest BCUT2D eigenvalue weighted by molar-refractivity contribution is 5.72. The summed E-state index contributed by atoms with van der Waals surface area (Å²) in [5.74, 6) is -7.10. The lowest BCUT2D eigenvalue weighted by Crippen LogP contribution is -2.22. The van der Waals surface area contributed by atoms with Gasteiger partial charge >= 0.3 is 6.11 Å². The molecular formula is C32H25F7O. The van der Waals surface area contributed by atoms with Gasteiger partial charge in [-0.3, -0.25) is 0 Å². The predicted molar refractivity (Wildman–Crippen MR) is 138 cm³/mol. The van der Waals surface area contributed by atoms with Gasteiger partial charge in [-0.1, -0.05) is 68.3 Å². The Kier molecular flexibility index (Phi) is 7.62. The predicted octanol–water partition coefficient (Wildman–Crippen LogP) is 10.1. The van der Waals surface area contributed by atoms with Gasteiger partial charge in [-0.05, 0) is 53.5 Å². The second-order valence-electron chi connectivity index (χ2n) is 10.3. The lowest BCUT2D eigenvalue weighted by atomic mass is 9.79. The van der Waals surface area contributed by atoms with E-state index in [9.17, 15) is 22.0 Å². The van der Waals surface area contributed by atoms with Crippen molar-refractivity contribution in [2.24, 2.45) is 5.92 Å². The number of ether oxygens (including phenoxy) is 1. The molecule has 0 spiro atoms. The summed E-state index contributed by atoms with van der Waals surface area (Å²) in [6.45, 7) is 2.25. The first kappa shape index (κ1) is 27.7. The molecule has 0 aromatic heterocycles. The molecule has 40 heavy (non-hydrogen) atoms. The fourth-order valence-electron chi connectivity index (χ4n) is 5.17. The molecule has 0 aliphatic heterocycles. The molecule has 1 aliphatic carbocycles. The zero-order valence-corrected chi connectivity index (χ0v) is 21.5. The number of hydrogen-bond donors (Lipinski definition) is 0. The Morgan fingerprint density at radius 3 is 1.60 bits per heavy atom. The second-order valence-corrected chi connectivity index (χ2v) is 10.3. The number of benzene rings is 4. The van der Waals surface area contributed by atoms with Crippen LogP contribution in [-0.2, 0) is 6.11 Å². The summed E-state index contributed by atoms with van der Waals surface area (Å²) in [5, 5.41) is 0. The monoisotopic (exact) mass is 558 g/mol. The summed E-state index contributed by atoms with van der Waals surface area (Å²) < 4.78 is 104. The highest BCUT2D eigenvalue weighted by atomic mass is 19.3. The van der Waals surface area contributed by atoms with Crippen molar-refractivity contribution in [1.29, 1.82) is 0 Å². The third-order valence-corrected chi connectivity index (χ3v) is 7.53. The van der Waals surface area contributed by atoms with Crippen LogP contribution in [0.5, 0.6) is 5.75 Å². The van der Waals surface area contributed by atoms with Crippen molar-refractivity contribution in [1.82, 2.24) is 0 Å². The van der Waals surface area contributed by atoms with E-state index >= 15 is 8.78 Å². The Bertz CT molecular complexity index is 1480. The smallest absolute Gasteiger partial charge is 0.426 e. The van der Waals surface area contributed by atoms with E-state index in [1.165, 1.54) is 30.5 Å². The molecule has 0 radical (unpaired) electrons. The van der Waals surface area contributed by atoms with Crippen LogP contribution in [0.4, 0.5) is 30.7 Å². The van der Waals surface area contributed by atoms with E-state index < -0.39 is 46.5 Å². The van der Waals surface area contributed by atoms with Crippen molar-refractivity contribution in [3.63, 3.8) is 0 Å². The van der Waals surface area contributed by atoms with Gasteiger partial charge in [0.25, 0.3) is 0 Å². The van der Waals surface area contributed by atoms with Gasteiger partial charge in [-0.2, -0.15) is 8.78 Å². The van der Waals surface area contributed by atoms with Crippen molar-refractivity contribution >= 4 is 0 Å². The zero-order valence-electron chi connectivity index (χ0n) is 21.5. The van der Waals surface area contributed by atoms with Gasteiger partial charge in [-0.15, -0.1) is 0 Å². The summed E-state index contributed by atoms with van der Waals surface area (Å²) in [7, 11) is 0. The maximum Gasteiger partial charge on any atom is 0.426 e. The summed E-state index contributed by atoms with van der Waals surface area (Å²) in [6.07, 6.45) is 0.517. The summed E-state index contributed by atoms with van der Waals surface area (Å²) in [4.78, 5) is 0. The van der Waals surface area contributed by atoms with Crippen LogP contribution in [0.25, 0.3) is 22.3 Å². The molecule has 0 atom stereocenters. The van der Waals surface area contributed by atoms with E-state index in [1.807, 2.05) is 12.1 Å². The van der Waals surface area contributed by atoms with Crippen LogP contribution < -0.4 is 4.74 Å². The average molecular weight is 559 g/mol. The van der Waals surface area contributed by atoms with Gasteiger partial charge in [0, 0.05) is 23.3 Å². The van der Waals surface area contributed by atoms with Crippen LogP contribution in [0.2, 0.25) is 0 Å². The number of halogens is 7. The highest BCUT2D eigenvalue weighted by Gasteiger charge is 2.35. The second kappa shape index (κ2) is 11.0. The van der Waals surface area contributed by atoms with Crippen LogP contribution in [0.15, 0.2) is 72.8 Å². The molecule has 0 amide bonds. The molecule has 5 rings (SSSR count). The van der Waals surface area contributed by atoms with Crippen molar-refractivity contribution in [3.8, 4) is 28.0 Å². The zero-order chi connectivity index (χ0) is 28.6. The molecule has 0 N–H and O–H groups in total. The van der Waals surface area contributed by atoms with E-state index in [2.05, 4.69) is 11.7 Å². The quantitative estimate of drug-likeness (QED) is 0.169. The van der Waals surface area contributed by atoms with E-state index in [1.54, 1.807) is 12.1 Å². The van der Waals surface area contributed by atoms with E-state index in [4.69, 9.17) is 0 Å². The Morgan fingerprint density at radius 2 is 1.10 bits per heavy atom. The van der Waals surface area contributed by atoms with E-state index in [0.29, 0.717) is 23.6 Å². The molecule has 208 valence electrons. The fourth-order valence-corrected chi connectivity index (χ4v) is 5.17. The Hall–Kier alpha value is -3.81. The van der Waals surface area contributed by atoms with Gasteiger partial charge in [0.05, 0.1) is 5.56 Å². The molecule has 0 unspecified atom stereocenters.